The number of nitriles is 1. The molecule has 0 saturated heterocycles. The Labute approximate surface area is 270 Å². The number of imidazole rings is 1. The topological polar surface area (TPSA) is 54.8 Å². The number of hydrogen-bond acceptors (Lipinski definition) is 3. The first-order valence-corrected chi connectivity index (χ1v) is 16.2. The van der Waals surface area contributed by atoms with E-state index in [0.29, 0.717) is 11.1 Å². The Balaban J connectivity index is 1.61. The molecule has 0 spiro atoms. The summed E-state index contributed by atoms with van der Waals surface area (Å²) in [6, 6.07) is 36.2. The molecule has 0 aliphatic rings. The van der Waals surface area contributed by atoms with Gasteiger partial charge in [0.25, 0.3) is 0 Å². The minimum Gasteiger partial charge on any atom is -0.455 e. The lowest BCUT2D eigenvalue weighted by atomic mass is 9.83. The van der Waals surface area contributed by atoms with Crippen LogP contribution in [-0.4, -0.2) is 9.55 Å². The minimum atomic E-state index is -0.121. The van der Waals surface area contributed by atoms with Gasteiger partial charge in [-0.2, -0.15) is 5.26 Å². The van der Waals surface area contributed by atoms with Crippen molar-refractivity contribution in [1.29, 1.82) is 5.26 Å². The fourth-order valence-corrected chi connectivity index (χ4v) is 6.80. The van der Waals surface area contributed by atoms with Gasteiger partial charge in [-0.15, -0.1) is 0 Å². The molecule has 0 aliphatic heterocycles. The van der Waals surface area contributed by atoms with E-state index in [4.69, 9.17) is 9.40 Å². The summed E-state index contributed by atoms with van der Waals surface area (Å²) in [5, 5.41) is 11.8. The molecule has 0 saturated carbocycles. The molecule has 46 heavy (non-hydrogen) atoms. The van der Waals surface area contributed by atoms with Crippen molar-refractivity contribution >= 4 is 33.0 Å². The van der Waals surface area contributed by atoms with Gasteiger partial charge in [0.1, 0.15) is 17.0 Å². The van der Waals surface area contributed by atoms with Crippen molar-refractivity contribution in [2.24, 2.45) is 0 Å². The number of benzene rings is 5. The lowest BCUT2D eigenvalue weighted by molar-refractivity contribution is 0.595. The van der Waals surface area contributed by atoms with Crippen LogP contribution in [0.2, 0.25) is 0 Å². The Morgan fingerprint density at radius 2 is 1.43 bits per heavy atom. The van der Waals surface area contributed by atoms with Gasteiger partial charge in [0.2, 0.25) is 0 Å². The number of hydrogen-bond donors (Lipinski definition) is 0. The summed E-state index contributed by atoms with van der Waals surface area (Å²) in [5.41, 5.74) is 12.3. The van der Waals surface area contributed by atoms with Crippen LogP contribution in [0.15, 0.2) is 101 Å². The van der Waals surface area contributed by atoms with Crippen molar-refractivity contribution in [3.05, 3.63) is 119 Å². The highest BCUT2D eigenvalue weighted by Gasteiger charge is 2.28. The van der Waals surface area contributed by atoms with Crippen LogP contribution in [-0.2, 0) is 5.41 Å². The fourth-order valence-electron chi connectivity index (χ4n) is 6.80. The first-order chi connectivity index (χ1) is 22.1. The molecule has 7 aromatic rings. The van der Waals surface area contributed by atoms with Gasteiger partial charge in [-0.05, 0) is 93.6 Å². The van der Waals surface area contributed by atoms with Crippen molar-refractivity contribution in [3.63, 3.8) is 0 Å². The molecule has 0 fully saturated rings. The summed E-state index contributed by atoms with van der Waals surface area (Å²) in [5.74, 6) is 1.38. The van der Waals surface area contributed by atoms with E-state index in [9.17, 15) is 5.26 Å². The number of aromatic nitrogens is 2. The predicted molar refractivity (Wildman–Crippen MR) is 191 cm³/mol. The third kappa shape index (κ3) is 4.79. The van der Waals surface area contributed by atoms with E-state index in [1.807, 2.05) is 18.2 Å². The van der Waals surface area contributed by atoms with Crippen molar-refractivity contribution in [2.45, 2.75) is 65.7 Å². The molecule has 0 atom stereocenters. The van der Waals surface area contributed by atoms with Crippen molar-refractivity contribution in [2.75, 3.05) is 0 Å². The summed E-state index contributed by atoms with van der Waals surface area (Å²) in [4.78, 5) is 5.34. The summed E-state index contributed by atoms with van der Waals surface area (Å²) in [6.45, 7) is 15.8. The van der Waals surface area contributed by atoms with E-state index in [1.165, 1.54) is 33.5 Å². The molecule has 0 radical (unpaired) electrons. The average molecular weight is 602 g/mol. The van der Waals surface area contributed by atoms with E-state index in [2.05, 4.69) is 138 Å². The summed E-state index contributed by atoms with van der Waals surface area (Å²) in [7, 11) is 0. The van der Waals surface area contributed by atoms with E-state index in [0.717, 1.165) is 38.8 Å². The van der Waals surface area contributed by atoms with Crippen LogP contribution in [0.25, 0.3) is 61.2 Å². The third-order valence-corrected chi connectivity index (χ3v) is 9.10. The van der Waals surface area contributed by atoms with Gasteiger partial charge in [-0.3, -0.25) is 4.57 Å². The first kappa shape index (κ1) is 29.6. The molecular weight excluding hydrogens is 562 g/mol. The number of nitrogens with zero attached hydrogens (tertiary/aromatic N) is 3. The molecule has 0 aliphatic carbocycles. The predicted octanol–water partition coefficient (Wildman–Crippen LogP) is 11.7. The lowest BCUT2D eigenvalue weighted by Gasteiger charge is -2.25. The zero-order chi connectivity index (χ0) is 32.3. The standard InChI is InChI=1S/C42H39N3O/c1-25(2)32-22-29(28-13-9-8-10-14-28)23-33(26(3)4)39(32)45-36-16-12-11-15-35(36)44-41(45)31-19-20-34(42(5,6)7)38-30-18-17-27(24-43)21-37(30)46-40(31)38/h8-23,25-26H,1-7H3. The third-order valence-electron chi connectivity index (χ3n) is 9.10. The van der Waals surface area contributed by atoms with Crippen LogP contribution in [0.3, 0.4) is 0 Å². The summed E-state index contributed by atoms with van der Waals surface area (Å²) in [6.07, 6.45) is 0. The number of fused-ring (bicyclic) bond motifs is 4. The van der Waals surface area contributed by atoms with Gasteiger partial charge in [-0.25, -0.2) is 4.98 Å². The molecule has 0 N–H and O–H groups in total. The van der Waals surface area contributed by atoms with Crippen molar-refractivity contribution < 1.29 is 4.42 Å². The second kappa shape index (κ2) is 11.0. The Bertz CT molecular complexity index is 2270. The normalized spacial score (nSPS) is 12.2. The Hall–Kier alpha value is -5.14. The van der Waals surface area contributed by atoms with Gasteiger partial charge in [0.05, 0.1) is 33.9 Å². The van der Waals surface area contributed by atoms with Gasteiger partial charge >= 0.3 is 0 Å². The van der Waals surface area contributed by atoms with E-state index in [1.54, 1.807) is 0 Å². The van der Waals surface area contributed by atoms with Crippen LogP contribution in [0.1, 0.15) is 82.6 Å². The summed E-state index contributed by atoms with van der Waals surface area (Å²) >= 11 is 0. The van der Waals surface area contributed by atoms with Crippen molar-refractivity contribution in [3.8, 4) is 34.3 Å². The van der Waals surface area contributed by atoms with Gasteiger partial charge in [-0.1, -0.05) is 97.0 Å². The molecule has 4 heteroatoms. The zero-order valence-corrected chi connectivity index (χ0v) is 27.6. The minimum absolute atomic E-state index is 0.121. The number of para-hydroxylation sites is 2. The average Bonchev–Trinajstić information content (AvgIpc) is 3.62. The molecule has 7 rings (SSSR count). The highest BCUT2D eigenvalue weighted by Crippen LogP contribution is 2.45. The molecule has 0 amide bonds. The Morgan fingerprint density at radius 3 is 2.09 bits per heavy atom. The highest BCUT2D eigenvalue weighted by atomic mass is 16.3. The molecule has 2 aromatic heterocycles. The molecular formula is C42H39N3O. The lowest BCUT2D eigenvalue weighted by Crippen LogP contribution is -2.12. The Morgan fingerprint density at radius 1 is 0.761 bits per heavy atom. The van der Waals surface area contributed by atoms with E-state index in [-0.39, 0.29) is 17.3 Å². The van der Waals surface area contributed by atoms with Crippen LogP contribution >= 0.6 is 0 Å². The first-order valence-electron chi connectivity index (χ1n) is 16.2. The van der Waals surface area contributed by atoms with Gasteiger partial charge in [0, 0.05) is 10.8 Å². The quantitative estimate of drug-likeness (QED) is 0.197. The SMILES string of the molecule is CC(C)c1cc(-c2ccccc2)cc(C(C)C)c1-n1c(-c2ccc(C(C)(C)C)c3c2oc2cc(C#N)ccc23)nc2ccccc21. The second-order valence-corrected chi connectivity index (χ2v) is 14.0. The molecule has 2 heterocycles. The highest BCUT2D eigenvalue weighted by molar-refractivity contribution is 6.12. The van der Waals surface area contributed by atoms with Gasteiger partial charge in [0.15, 0.2) is 0 Å². The molecule has 4 nitrogen and oxygen atoms in total. The number of rotatable bonds is 5. The maximum Gasteiger partial charge on any atom is 0.149 e. The molecule has 228 valence electrons. The molecule has 0 bridgehead atoms. The fraction of sp³-hybridized carbons (Fsp3) is 0.238. The van der Waals surface area contributed by atoms with Crippen LogP contribution in [0, 0.1) is 11.3 Å². The maximum absolute atomic E-state index is 9.66. The van der Waals surface area contributed by atoms with Crippen LogP contribution in [0.5, 0.6) is 0 Å². The zero-order valence-electron chi connectivity index (χ0n) is 27.6. The monoisotopic (exact) mass is 601 g/mol. The Kier molecular flexibility index (Phi) is 7.09. The second-order valence-electron chi connectivity index (χ2n) is 14.0. The van der Waals surface area contributed by atoms with Crippen LogP contribution < -0.4 is 0 Å². The van der Waals surface area contributed by atoms with E-state index >= 15 is 0 Å². The smallest absolute Gasteiger partial charge is 0.149 e. The van der Waals surface area contributed by atoms with Crippen LogP contribution in [0.4, 0.5) is 0 Å². The van der Waals surface area contributed by atoms with E-state index < -0.39 is 0 Å². The summed E-state index contributed by atoms with van der Waals surface area (Å²) < 4.78 is 9.10. The largest absolute Gasteiger partial charge is 0.455 e. The van der Waals surface area contributed by atoms with Crippen molar-refractivity contribution in [1.82, 2.24) is 9.55 Å². The maximum atomic E-state index is 9.66. The molecule has 0 unspecified atom stereocenters. The van der Waals surface area contributed by atoms with Gasteiger partial charge < -0.3 is 4.42 Å². The number of furan rings is 1. The molecule has 5 aromatic carbocycles.